The molecule has 1 saturated heterocycles. The summed E-state index contributed by atoms with van der Waals surface area (Å²) in [6.07, 6.45) is 2.05. The first-order valence-electron chi connectivity index (χ1n) is 5.71. The van der Waals surface area contributed by atoms with Gasteiger partial charge in [0.15, 0.2) is 0 Å². The van der Waals surface area contributed by atoms with Crippen LogP contribution in [0.2, 0.25) is 0 Å². The molecule has 0 aromatic rings. The normalized spacial score (nSPS) is 25.9. The Labute approximate surface area is 92.4 Å². The van der Waals surface area contributed by atoms with Crippen molar-refractivity contribution in [2.75, 3.05) is 20.6 Å². The molecule has 2 unspecified atom stereocenters. The third-order valence-corrected chi connectivity index (χ3v) is 2.75. The fraction of sp³-hybridized carbons (Fsp3) is 0.909. The zero-order valence-electron chi connectivity index (χ0n) is 10.2. The Morgan fingerprint density at radius 1 is 1.47 bits per heavy atom. The first-order chi connectivity index (χ1) is 7.00. The Kier molecular flexibility index (Phi) is 4.54. The number of nitrogens with one attached hydrogen (secondary N) is 2. The van der Waals surface area contributed by atoms with Crippen LogP contribution in [0.1, 0.15) is 26.7 Å². The van der Waals surface area contributed by atoms with Gasteiger partial charge in [-0.25, -0.2) is 0 Å². The van der Waals surface area contributed by atoms with Crippen molar-refractivity contribution in [1.82, 2.24) is 15.5 Å². The summed E-state index contributed by atoms with van der Waals surface area (Å²) in [6.45, 7) is 5.23. The highest BCUT2D eigenvalue weighted by atomic mass is 16.2. The van der Waals surface area contributed by atoms with Crippen molar-refractivity contribution < 1.29 is 4.79 Å². The maximum Gasteiger partial charge on any atom is 0.239 e. The fourth-order valence-corrected chi connectivity index (χ4v) is 1.86. The second-order valence-electron chi connectivity index (χ2n) is 4.79. The van der Waals surface area contributed by atoms with Gasteiger partial charge in [0.1, 0.15) is 0 Å². The second kappa shape index (κ2) is 5.47. The first-order valence-corrected chi connectivity index (χ1v) is 5.71. The van der Waals surface area contributed by atoms with E-state index in [1.165, 1.54) is 0 Å². The third kappa shape index (κ3) is 3.80. The summed E-state index contributed by atoms with van der Waals surface area (Å²) < 4.78 is 0. The first kappa shape index (κ1) is 12.5. The molecule has 0 saturated carbocycles. The molecule has 2 atom stereocenters. The summed E-state index contributed by atoms with van der Waals surface area (Å²) in [5, 5.41) is 6.76. The lowest BCUT2D eigenvalue weighted by Crippen LogP contribution is -2.45. The topological polar surface area (TPSA) is 44.4 Å². The molecule has 1 heterocycles. The lowest BCUT2D eigenvalue weighted by Gasteiger charge is -2.18. The van der Waals surface area contributed by atoms with E-state index in [0.29, 0.717) is 12.1 Å². The maximum atomic E-state index is 11.7. The average Bonchev–Trinajstić information content (AvgIpc) is 2.61. The van der Waals surface area contributed by atoms with Gasteiger partial charge in [-0.1, -0.05) is 13.8 Å². The molecule has 1 aliphatic heterocycles. The van der Waals surface area contributed by atoms with Crippen molar-refractivity contribution in [3.63, 3.8) is 0 Å². The molecular formula is C11H23N3O. The number of carbonyl (C=O) groups is 1. The summed E-state index contributed by atoms with van der Waals surface area (Å²) in [4.78, 5) is 13.3. The van der Waals surface area contributed by atoms with Crippen LogP contribution >= 0.6 is 0 Å². The summed E-state index contributed by atoms with van der Waals surface area (Å²) in [7, 11) is 3.62. The second-order valence-corrected chi connectivity index (χ2v) is 4.79. The number of hydrogen-bond donors (Lipinski definition) is 2. The van der Waals surface area contributed by atoms with E-state index >= 15 is 0 Å². The molecule has 1 amide bonds. The van der Waals surface area contributed by atoms with Crippen LogP contribution < -0.4 is 10.6 Å². The predicted molar refractivity (Wildman–Crippen MR) is 61.8 cm³/mol. The van der Waals surface area contributed by atoms with Crippen LogP contribution in [0.5, 0.6) is 0 Å². The van der Waals surface area contributed by atoms with Gasteiger partial charge in [0.05, 0.1) is 6.04 Å². The highest BCUT2D eigenvalue weighted by Crippen LogP contribution is 2.13. The predicted octanol–water partition coefficient (Wildman–Crippen LogP) is 0.193. The Balaban J connectivity index is 2.29. The lowest BCUT2D eigenvalue weighted by atomic mass is 10.2. The highest BCUT2D eigenvalue weighted by molar-refractivity contribution is 5.81. The van der Waals surface area contributed by atoms with Crippen molar-refractivity contribution >= 4 is 5.91 Å². The summed E-state index contributed by atoms with van der Waals surface area (Å²) in [5.74, 6) is 0.196. The molecular weight excluding hydrogens is 190 g/mol. The van der Waals surface area contributed by atoms with Gasteiger partial charge in [0.25, 0.3) is 0 Å². The molecule has 2 N–H and O–H groups in total. The molecule has 0 radical (unpaired) electrons. The Bertz CT molecular complexity index is 216. The van der Waals surface area contributed by atoms with Crippen LogP contribution in [0.4, 0.5) is 0 Å². The Morgan fingerprint density at radius 2 is 2.13 bits per heavy atom. The minimum Gasteiger partial charge on any atom is -0.347 e. The van der Waals surface area contributed by atoms with Crippen molar-refractivity contribution in [2.45, 2.75) is 44.8 Å². The smallest absolute Gasteiger partial charge is 0.239 e. The summed E-state index contributed by atoms with van der Waals surface area (Å²) >= 11 is 0. The van der Waals surface area contributed by atoms with Crippen LogP contribution in [0.25, 0.3) is 0 Å². The summed E-state index contributed by atoms with van der Waals surface area (Å²) in [5.41, 5.74) is 0. The Hall–Kier alpha value is -0.610. The number of hydrogen-bond acceptors (Lipinski definition) is 3. The molecule has 0 aromatic carbocycles. The highest BCUT2D eigenvalue weighted by Gasteiger charge is 2.29. The zero-order chi connectivity index (χ0) is 11.4. The fourth-order valence-electron chi connectivity index (χ4n) is 1.86. The van der Waals surface area contributed by atoms with Gasteiger partial charge in [-0.2, -0.15) is 0 Å². The van der Waals surface area contributed by atoms with E-state index in [4.69, 9.17) is 0 Å². The molecule has 88 valence electrons. The number of nitrogens with zero attached hydrogens (tertiary/aromatic N) is 1. The van der Waals surface area contributed by atoms with E-state index in [2.05, 4.69) is 24.5 Å². The largest absolute Gasteiger partial charge is 0.347 e. The van der Waals surface area contributed by atoms with E-state index in [9.17, 15) is 4.79 Å². The number of likely N-dealkylation sites (N-methyl/N-ethyl adjacent to an activating group) is 1. The van der Waals surface area contributed by atoms with Gasteiger partial charge >= 0.3 is 0 Å². The quantitative estimate of drug-likeness (QED) is 0.701. The molecule has 0 aliphatic carbocycles. The molecule has 1 rings (SSSR count). The standard InChI is InChI=1S/C11H23N3O/c1-8(2)12-7-9-5-6-10(13-9)11(15)14(3)4/h8-10,12-13H,5-7H2,1-4H3. The van der Waals surface area contributed by atoms with Crippen LogP contribution in [0.3, 0.4) is 0 Å². The third-order valence-electron chi connectivity index (χ3n) is 2.75. The van der Waals surface area contributed by atoms with Crippen LogP contribution in [0, 0.1) is 0 Å². The van der Waals surface area contributed by atoms with Gasteiger partial charge in [0.2, 0.25) is 5.91 Å². The van der Waals surface area contributed by atoms with E-state index in [0.717, 1.165) is 19.4 Å². The van der Waals surface area contributed by atoms with Crippen LogP contribution in [0.15, 0.2) is 0 Å². The monoisotopic (exact) mass is 213 g/mol. The lowest BCUT2D eigenvalue weighted by molar-refractivity contribution is -0.130. The molecule has 1 fully saturated rings. The molecule has 0 spiro atoms. The summed E-state index contributed by atoms with van der Waals surface area (Å²) in [6, 6.07) is 0.982. The maximum absolute atomic E-state index is 11.7. The van der Waals surface area contributed by atoms with Gasteiger partial charge in [-0.15, -0.1) is 0 Å². The van der Waals surface area contributed by atoms with Crippen molar-refractivity contribution in [2.24, 2.45) is 0 Å². The van der Waals surface area contributed by atoms with Crippen LogP contribution in [-0.2, 0) is 4.79 Å². The van der Waals surface area contributed by atoms with E-state index in [1.807, 2.05) is 14.1 Å². The van der Waals surface area contributed by atoms with E-state index < -0.39 is 0 Å². The molecule has 15 heavy (non-hydrogen) atoms. The van der Waals surface area contributed by atoms with Crippen molar-refractivity contribution in [1.29, 1.82) is 0 Å². The van der Waals surface area contributed by atoms with Gasteiger partial charge in [-0.05, 0) is 12.8 Å². The molecule has 0 bridgehead atoms. The Morgan fingerprint density at radius 3 is 2.67 bits per heavy atom. The molecule has 0 aromatic heterocycles. The number of carbonyl (C=O) groups excluding carboxylic acids is 1. The van der Waals surface area contributed by atoms with Crippen molar-refractivity contribution in [3.8, 4) is 0 Å². The van der Waals surface area contributed by atoms with Gasteiger partial charge in [0, 0.05) is 32.7 Å². The van der Waals surface area contributed by atoms with Gasteiger partial charge < -0.3 is 15.5 Å². The zero-order valence-corrected chi connectivity index (χ0v) is 10.2. The minimum atomic E-state index is 0.0268. The van der Waals surface area contributed by atoms with E-state index in [1.54, 1.807) is 4.90 Å². The van der Waals surface area contributed by atoms with E-state index in [-0.39, 0.29) is 11.9 Å². The average molecular weight is 213 g/mol. The molecule has 1 aliphatic rings. The SMILES string of the molecule is CC(C)NCC1CCC(C(=O)N(C)C)N1. The van der Waals surface area contributed by atoms with Crippen molar-refractivity contribution in [3.05, 3.63) is 0 Å². The van der Waals surface area contributed by atoms with Gasteiger partial charge in [-0.3, -0.25) is 4.79 Å². The van der Waals surface area contributed by atoms with Crippen LogP contribution in [-0.4, -0.2) is 49.6 Å². The molecule has 4 nitrogen and oxygen atoms in total. The minimum absolute atomic E-state index is 0.0268. The number of rotatable bonds is 4. The number of amides is 1. The molecule has 4 heteroatoms.